The van der Waals surface area contributed by atoms with Gasteiger partial charge in [0.25, 0.3) is 0 Å². The maximum absolute atomic E-state index is 13.3. The van der Waals surface area contributed by atoms with Gasteiger partial charge >= 0.3 is 12.3 Å². The standard InChI is InChI=1S/C36H39ClF3N5O6/c1-35(2,3)51-34(47)41-16-17-48-18-19-49-20-21-50-27-12-4-23(5-13-27)6-14-28-31(24-7-9-25(10-8-24)36(38,39)40)44-45(32(28)46)33-42-29-15-11-26(37)22-30(29)43-33/h4-5,7-13,15,22,46H,6,14,16-21H2,1-3H3,(H,41,47)(H,42,43). The van der Waals surface area contributed by atoms with Gasteiger partial charge in [0.2, 0.25) is 11.8 Å². The van der Waals surface area contributed by atoms with Crippen molar-refractivity contribution in [2.24, 2.45) is 0 Å². The van der Waals surface area contributed by atoms with Gasteiger partial charge in [-0.25, -0.2) is 9.78 Å². The molecule has 5 rings (SSSR count). The van der Waals surface area contributed by atoms with Crippen molar-refractivity contribution >= 4 is 28.7 Å². The summed E-state index contributed by atoms with van der Waals surface area (Å²) >= 11 is 6.11. The molecule has 0 saturated heterocycles. The van der Waals surface area contributed by atoms with Crippen molar-refractivity contribution in [1.82, 2.24) is 25.1 Å². The number of rotatable bonds is 15. The Labute approximate surface area is 297 Å². The molecule has 0 aliphatic rings. The van der Waals surface area contributed by atoms with Gasteiger partial charge in [-0.3, -0.25) is 0 Å². The zero-order chi connectivity index (χ0) is 36.6. The van der Waals surface area contributed by atoms with Crippen molar-refractivity contribution in [2.45, 2.75) is 45.4 Å². The van der Waals surface area contributed by atoms with Crippen LogP contribution in [0.2, 0.25) is 5.02 Å². The van der Waals surface area contributed by atoms with Gasteiger partial charge in [-0.2, -0.15) is 23.0 Å². The number of nitrogens with one attached hydrogen (secondary N) is 2. The maximum atomic E-state index is 13.3. The molecular weight excluding hydrogens is 691 g/mol. The third-order valence-corrected chi connectivity index (χ3v) is 7.68. The lowest BCUT2D eigenvalue weighted by Crippen LogP contribution is -2.34. The summed E-state index contributed by atoms with van der Waals surface area (Å²) in [7, 11) is 0. The largest absolute Gasteiger partial charge is 0.493 e. The number of carbonyl (C=O) groups excluding carboxylic acids is 1. The van der Waals surface area contributed by atoms with E-state index in [9.17, 15) is 23.1 Å². The fourth-order valence-corrected chi connectivity index (χ4v) is 5.20. The summed E-state index contributed by atoms with van der Waals surface area (Å²) in [6, 6.07) is 17.2. The number of aromatic nitrogens is 4. The van der Waals surface area contributed by atoms with Crippen LogP contribution in [0.5, 0.6) is 11.6 Å². The molecule has 0 atom stereocenters. The van der Waals surface area contributed by atoms with Gasteiger partial charge in [-0.15, -0.1) is 0 Å². The molecule has 0 fully saturated rings. The van der Waals surface area contributed by atoms with Gasteiger partial charge < -0.3 is 34.4 Å². The minimum Gasteiger partial charge on any atom is -0.493 e. The Balaban J connectivity index is 1.14. The van der Waals surface area contributed by atoms with E-state index in [1.807, 2.05) is 24.3 Å². The Hall–Kier alpha value is -4.79. The van der Waals surface area contributed by atoms with Crippen LogP contribution in [-0.2, 0) is 33.2 Å². The van der Waals surface area contributed by atoms with Crippen LogP contribution in [-0.4, -0.2) is 76.1 Å². The van der Waals surface area contributed by atoms with Crippen molar-refractivity contribution in [3.8, 4) is 28.8 Å². The Morgan fingerprint density at radius 3 is 2.29 bits per heavy atom. The number of aromatic hydroxyl groups is 1. The van der Waals surface area contributed by atoms with Gasteiger partial charge in [0.15, 0.2) is 0 Å². The van der Waals surface area contributed by atoms with Crippen LogP contribution in [0.3, 0.4) is 0 Å². The number of hydrogen-bond donors (Lipinski definition) is 3. The topological polar surface area (TPSA) is 133 Å². The number of amides is 1. The number of imidazole rings is 1. The van der Waals surface area contributed by atoms with Crippen molar-refractivity contribution in [1.29, 1.82) is 0 Å². The normalized spacial score (nSPS) is 12.0. The number of aromatic amines is 1. The molecule has 5 aromatic rings. The third kappa shape index (κ3) is 10.6. The van der Waals surface area contributed by atoms with Gasteiger partial charge in [0.05, 0.1) is 43.0 Å². The first kappa shape index (κ1) is 37.5. The van der Waals surface area contributed by atoms with Crippen LogP contribution >= 0.6 is 11.6 Å². The summed E-state index contributed by atoms with van der Waals surface area (Å²) in [6.07, 6.45) is -4.14. The molecule has 272 valence electrons. The molecular formula is C36H39ClF3N5O6. The third-order valence-electron chi connectivity index (χ3n) is 7.45. The second-order valence-electron chi connectivity index (χ2n) is 12.5. The van der Waals surface area contributed by atoms with Crippen LogP contribution in [0.25, 0.3) is 28.2 Å². The number of fused-ring (bicyclic) bond motifs is 1. The Morgan fingerprint density at radius 1 is 0.922 bits per heavy atom. The fourth-order valence-electron chi connectivity index (χ4n) is 5.04. The predicted molar refractivity (Wildman–Crippen MR) is 186 cm³/mol. The van der Waals surface area contributed by atoms with E-state index in [2.05, 4.69) is 20.4 Å². The number of alkyl carbamates (subject to hydrolysis) is 1. The second kappa shape index (κ2) is 16.5. The molecule has 3 N–H and O–H groups in total. The van der Waals surface area contributed by atoms with Crippen LogP contribution in [0.4, 0.5) is 18.0 Å². The van der Waals surface area contributed by atoms with Gasteiger partial charge in [0, 0.05) is 22.7 Å². The fraction of sp³-hybridized carbons (Fsp3) is 0.361. The Bertz CT molecular complexity index is 1900. The van der Waals surface area contributed by atoms with Crippen molar-refractivity contribution in [3.63, 3.8) is 0 Å². The maximum Gasteiger partial charge on any atom is 0.416 e. The number of nitrogens with zero attached hydrogens (tertiary/aromatic N) is 3. The minimum atomic E-state index is -4.49. The van der Waals surface area contributed by atoms with Crippen LogP contribution < -0.4 is 10.1 Å². The molecule has 2 aromatic heterocycles. The molecule has 0 spiro atoms. The molecule has 15 heteroatoms. The summed E-state index contributed by atoms with van der Waals surface area (Å²) in [4.78, 5) is 19.2. The Morgan fingerprint density at radius 2 is 1.61 bits per heavy atom. The van der Waals surface area contributed by atoms with Gasteiger partial charge in [0.1, 0.15) is 23.7 Å². The second-order valence-corrected chi connectivity index (χ2v) is 12.9. The van der Waals surface area contributed by atoms with E-state index in [4.69, 9.17) is 30.5 Å². The highest BCUT2D eigenvalue weighted by Gasteiger charge is 2.30. The van der Waals surface area contributed by atoms with E-state index in [-0.39, 0.29) is 11.8 Å². The molecule has 0 saturated carbocycles. The van der Waals surface area contributed by atoms with Crippen molar-refractivity contribution in [2.75, 3.05) is 39.6 Å². The lowest BCUT2D eigenvalue weighted by molar-refractivity contribution is -0.137. The smallest absolute Gasteiger partial charge is 0.416 e. The molecule has 1 amide bonds. The summed E-state index contributed by atoms with van der Waals surface area (Å²) in [6.45, 7) is 7.47. The highest BCUT2D eigenvalue weighted by molar-refractivity contribution is 6.31. The number of alkyl halides is 3. The molecule has 11 nitrogen and oxygen atoms in total. The molecule has 0 aliphatic heterocycles. The number of carbonyl (C=O) groups is 1. The van der Waals surface area contributed by atoms with E-state index in [0.717, 1.165) is 17.7 Å². The summed E-state index contributed by atoms with van der Waals surface area (Å²) in [5.41, 5.74) is 2.05. The van der Waals surface area contributed by atoms with E-state index >= 15 is 0 Å². The van der Waals surface area contributed by atoms with E-state index in [0.29, 0.717) is 91.0 Å². The zero-order valence-electron chi connectivity index (χ0n) is 28.3. The molecule has 0 unspecified atom stereocenters. The van der Waals surface area contributed by atoms with Gasteiger partial charge in [-0.05, 0) is 81.6 Å². The molecule has 2 heterocycles. The van der Waals surface area contributed by atoms with Crippen molar-refractivity contribution in [3.05, 3.63) is 88.4 Å². The molecule has 3 aromatic carbocycles. The van der Waals surface area contributed by atoms with Crippen LogP contribution in [0.15, 0.2) is 66.7 Å². The number of benzene rings is 3. The van der Waals surface area contributed by atoms with E-state index in [1.165, 1.54) is 16.8 Å². The van der Waals surface area contributed by atoms with E-state index in [1.54, 1.807) is 39.0 Å². The zero-order valence-corrected chi connectivity index (χ0v) is 29.1. The first-order valence-electron chi connectivity index (χ1n) is 16.2. The molecule has 0 radical (unpaired) electrons. The summed E-state index contributed by atoms with van der Waals surface area (Å²) < 4.78 is 62.9. The van der Waals surface area contributed by atoms with E-state index < -0.39 is 23.4 Å². The minimum absolute atomic E-state index is 0.183. The monoisotopic (exact) mass is 729 g/mol. The lowest BCUT2D eigenvalue weighted by atomic mass is 10.00. The molecule has 0 aliphatic carbocycles. The number of hydrogen-bond acceptors (Lipinski definition) is 8. The van der Waals surface area contributed by atoms with Gasteiger partial charge in [-0.1, -0.05) is 35.9 Å². The quantitative estimate of drug-likeness (QED) is 0.0944. The molecule has 0 bridgehead atoms. The Kier molecular flexibility index (Phi) is 12.1. The number of halogens is 4. The van der Waals surface area contributed by atoms with Crippen LogP contribution in [0.1, 0.15) is 37.5 Å². The van der Waals surface area contributed by atoms with Crippen LogP contribution in [0, 0.1) is 0 Å². The first-order valence-corrected chi connectivity index (χ1v) is 16.6. The number of ether oxygens (including phenoxy) is 4. The SMILES string of the molecule is CC(C)(C)OC(=O)NCCOCCOCCOc1ccc(CCc2c(-c3ccc(C(F)(F)F)cc3)nn(-c3nc4cc(Cl)ccc4[nH]3)c2O)cc1. The lowest BCUT2D eigenvalue weighted by Gasteiger charge is -2.19. The summed E-state index contributed by atoms with van der Waals surface area (Å²) in [5, 5.41) is 19.0. The number of aryl methyl sites for hydroxylation is 1. The summed E-state index contributed by atoms with van der Waals surface area (Å²) in [5.74, 6) is 0.700. The average molecular weight is 730 g/mol. The average Bonchev–Trinajstić information content (AvgIpc) is 3.64. The first-order chi connectivity index (χ1) is 24.3. The molecule has 51 heavy (non-hydrogen) atoms. The predicted octanol–water partition coefficient (Wildman–Crippen LogP) is 7.52. The highest BCUT2D eigenvalue weighted by Crippen LogP contribution is 2.35. The highest BCUT2D eigenvalue weighted by atomic mass is 35.5. The number of H-pyrrole nitrogens is 1. The van der Waals surface area contributed by atoms with Crippen molar-refractivity contribution < 1.29 is 42.0 Å².